The van der Waals surface area contributed by atoms with E-state index in [1.54, 1.807) is 6.92 Å². The molecule has 0 radical (unpaired) electrons. The van der Waals surface area contributed by atoms with Crippen LogP contribution in [0.15, 0.2) is 0 Å². The SMILES string of the molecule is CCOC(=O)c1c(NC(=O)C(=O)NCC(C)O)sc(C(=O)OCCOC)c1C. The number of ether oxygens (including phenoxy) is 3. The molecule has 0 saturated carbocycles. The quantitative estimate of drug-likeness (QED) is 0.300. The van der Waals surface area contributed by atoms with Crippen LogP contribution in [0.5, 0.6) is 0 Å². The minimum Gasteiger partial charge on any atom is -0.462 e. The maximum absolute atomic E-state index is 12.3. The van der Waals surface area contributed by atoms with Crippen molar-refractivity contribution in [3.05, 3.63) is 16.0 Å². The predicted octanol–water partition coefficient (Wildman–Crippen LogP) is 0.472. The highest BCUT2D eigenvalue weighted by Gasteiger charge is 2.28. The van der Waals surface area contributed by atoms with Crippen LogP contribution in [0, 0.1) is 6.92 Å². The molecule has 3 N–H and O–H groups in total. The number of methoxy groups -OCH3 is 1. The normalized spacial score (nSPS) is 11.5. The van der Waals surface area contributed by atoms with Gasteiger partial charge in [0.15, 0.2) is 0 Å². The summed E-state index contributed by atoms with van der Waals surface area (Å²) in [7, 11) is 1.46. The average Bonchev–Trinajstić information content (AvgIpc) is 2.95. The molecule has 1 rings (SSSR count). The number of esters is 2. The fourth-order valence-corrected chi connectivity index (χ4v) is 3.09. The maximum Gasteiger partial charge on any atom is 0.348 e. The highest BCUT2D eigenvalue weighted by atomic mass is 32.1. The highest BCUT2D eigenvalue weighted by molar-refractivity contribution is 7.18. The number of thiophene rings is 1. The van der Waals surface area contributed by atoms with E-state index in [4.69, 9.17) is 14.2 Å². The van der Waals surface area contributed by atoms with Gasteiger partial charge >= 0.3 is 23.8 Å². The van der Waals surface area contributed by atoms with Crippen LogP contribution in [0.3, 0.4) is 0 Å². The van der Waals surface area contributed by atoms with Crippen molar-refractivity contribution in [1.29, 1.82) is 0 Å². The second-order valence-electron chi connectivity index (χ2n) is 5.62. The van der Waals surface area contributed by atoms with Gasteiger partial charge in [0.1, 0.15) is 16.5 Å². The van der Waals surface area contributed by atoms with Crippen molar-refractivity contribution >= 4 is 40.1 Å². The standard InChI is InChI=1S/C17H24N2O8S/c1-5-26-16(23)11-10(3)12(17(24)27-7-6-25-4)28-15(11)19-14(22)13(21)18-8-9(2)20/h9,20H,5-8H2,1-4H3,(H,18,21)(H,19,22). The number of rotatable bonds is 9. The van der Waals surface area contributed by atoms with Crippen molar-refractivity contribution in [3.8, 4) is 0 Å². The fourth-order valence-electron chi connectivity index (χ4n) is 2.01. The van der Waals surface area contributed by atoms with E-state index in [2.05, 4.69) is 10.6 Å². The van der Waals surface area contributed by atoms with E-state index in [0.29, 0.717) is 0 Å². The molecule has 0 aliphatic rings. The summed E-state index contributed by atoms with van der Waals surface area (Å²) >= 11 is 0.799. The summed E-state index contributed by atoms with van der Waals surface area (Å²) in [4.78, 5) is 48.5. The van der Waals surface area contributed by atoms with Crippen LogP contribution < -0.4 is 10.6 Å². The number of aliphatic hydroxyl groups excluding tert-OH is 1. The molecule has 1 atom stereocenters. The Labute approximate surface area is 166 Å². The lowest BCUT2D eigenvalue weighted by molar-refractivity contribution is -0.136. The third kappa shape index (κ3) is 6.59. The monoisotopic (exact) mass is 416 g/mol. The molecule has 10 nitrogen and oxygen atoms in total. The molecule has 1 aromatic rings. The molecule has 0 spiro atoms. The number of nitrogens with one attached hydrogen (secondary N) is 2. The van der Waals surface area contributed by atoms with Crippen molar-refractivity contribution < 1.29 is 38.5 Å². The third-order valence-electron chi connectivity index (χ3n) is 3.32. The predicted molar refractivity (Wildman–Crippen MR) is 100 cm³/mol. The van der Waals surface area contributed by atoms with Crippen molar-refractivity contribution in [2.75, 3.05) is 38.8 Å². The van der Waals surface area contributed by atoms with Gasteiger partial charge in [-0.2, -0.15) is 0 Å². The Balaban J connectivity index is 3.09. The van der Waals surface area contributed by atoms with Crippen molar-refractivity contribution in [3.63, 3.8) is 0 Å². The molecule has 1 heterocycles. The molecule has 156 valence electrons. The van der Waals surface area contributed by atoms with Gasteiger partial charge in [-0.25, -0.2) is 9.59 Å². The van der Waals surface area contributed by atoms with Gasteiger partial charge in [-0.05, 0) is 26.3 Å². The first kappa shape index (κ1) is 23.5. The lowest BCUT2D eigenvalue weighted by Gasteiger charge is -2.08. The third-order valence-corrected chi connectivity index (χ3v) is 4.51. The fraction of sp³-hybridized carbons (Fsp3) is 0.529. The second kappa shape index (κ2) is 11.4. The molecule has 0 aliphatic heterocycles. The van der Waals surface area contributed by atoms with E-state index in [1.165, 1.54) is 21.0 Å². The van der Waals surface area contributed by atoms with Crippen molar-refractivity contribution in [1.82, 2.24) is 5.32 Å². The van der Waals surface area contributed by atoms with Crippen molar-refractivity contribution in [2.24, 2.45) is 0 Å². The Bertz CT molecular complexity index is 729. The van der Waals surface area contributed by atoms with Gasteiger partial charge in [0.2, 0.25) is 0 Å². The zero-order valence-corrected chi connectivity index (χ0v) is 16.9. The van der Waals surface area contributed by atoms with E-state index in [1.807, 2.05) is 0 Å². The summed E-state index contributed by atoms with van der Waals surface area (Å²) in [6.07, 6.45) is -0.829. The molecule has 0 saturated heterocycles. The average molecular weight is 416 g/mol. The van der Waals surface area contributed by atoms with Crippen LogP contribution in [-0.4, -0.2) is 68.4 Å². The van der Waals surface area contributed by atoms with Gasteiger partial charge in [-0.1, -0.05) is 0 Å². The molecule has 2 amide bonds. The second-order valence-corrected chi connectivity index (χ2v) is 6.64. The number of amides is 2. The van der Waals surface area contributed by atoms with E-state index in [9.17, 15) is 24.3 Å². The molecule has 0 bridgehead atoms. The summed E-state index contributed by atoms with van der Waals surface area (Å²) in [6.45, 7) is 4.77. The van der Waals surface area contributed by atoms with Crippen molar-refractivity contribution in [2.45, 2.75) is 26.9 Å². The van der Waals surface area contributed by atoms with Gasteiger partial charge in [0, 0.05) is 13.7 Å². The van der Waals surface area contributed by atoms with Crippen LogP contribution in [0.4, 0.5) is 5.00 Å². The number of aliphatic hydroxyl groups is 1. The van der Waals surface area contributed by atoms with Gasteiger partial charge in [-0.15, -0.1) is 11.3 Å². The first-order valence-electron chi connectivity index (χ1n) is 8.46. The number of carbonyl (C=O) groups is 4. The molecule has 0 fully saturated rings. The first-order valence-corrected chi connectivity index (χ1v) is 9.28. The molecular formula is C17H24N2O8S. The highest BCUT2D eigenvalue weighted by Crippen LogP contribution is 2.34. The Kier molecular flexibility index (Phi) is 9.56. The summed E-state index contributed by atoms with van der Waals surface area (Å²) in [5, 5.41) is 13.7. The number of carbonyl (C=O) groups excluding carboxylic acids is 4. The summed E-state index contributed by atoms with van der Waals surface area (Å²) in [5.74, 6) is -3.48. The van der Waals surface area contributed by atoms with E-state index in [-0.39, 0.29) is 47.4 Å². The van der Waals surface area contributed by atoms with Crippen LogP contribution in [0.2, 0.25) is 0 Å². The Morgan fingerprint density at radius 1 is 1.11 bits per heavy atom. The Morgan fingerprint density at radius 2 is 1.79 bits per heavy atom. The number of hydrogen-bond acceptors (Lipinski definition) is 9. The molecule has 1 aromatic heterocycles. The lowest BCUT2D eigenvalue weighted by atomic mass is 10.1. The minimum absolute atomic E-state index is 0.00756. The van der Waals surface area contributed by atoms with E-state index in [0.717, 1.165) is 11.3 Å². The topological polar surface area (TPSA) is 140 Å². The Hall–Kier alpha value is -2.50. The van der Waals surface area contributed by atoms with Crippen LogP contribution in [0.25, 0.3) is 0 Å². The molecule has 0 aliphatic carbocycles. The largest absolute Gasteiger partial charge is 0.462 e. The maximum atomic E-state index is 12.3. The molecular weight excluding hydrogens is 392 g/mol. The zero-order chi connectivity index (χ0) is 21.3. The van der Waals surface area contributed by atoms with Crippen LogP contribution in [-0.2, 0) is 23.8 Å². The Morgan fingerprint density at radius 3 is 2.36 bits per heavy atom. The lowest BCUT2D eigenvalue weighted by Crippen LogP contribution is -2.38. The van der Waals surface area contributed by atoms with Gasteiger partial charge in [0.25, 0.3) is 0 Å². The van der Waals surface area contributed by atoms with Gasteiger partial charge in [-0.3, -0.25) is 9.59 Å². The molecule has 1 unspecified atom stereocenters. The first-order chi connectivity index (χ1) is 13.2. The number of hydrogen-bond donors (Lipinski definition) is 3. The zero-order valence-electron chi connectivity index (χ0n) is 16.1. The van der Waals surface area contributed by atoms with Crippen LogP contribution in [0.1, 0.15) is 39.4 Å². The molecule has 11 heteroatoms. The van der Waals surface area contributed by atoms with Crippen LogP contribution >= 0.6 is 11.3 Å². The summed E-state index contributed by atoms with van der Waals surface area (Å²) < 4.78 is 14.8. The van der Waals surface area contributed by atoms with E-state index >= 15 is 0 Å². The summed E-state index contributed by atoms with van der Waals surface area (Å²) in [5.41, 5.74) is 0.243. The van der Waals surface area contributed by atoms with E-state index < -0.39 is 29.9 Å². The number of anilines is 1. The smallest absolute Gasteiger partial charge is 0.348 e. The molecule has 28 heavy (non-hydrogen) atoms. The van der Waals surface area contributed by atoms with Gasteiger partial charge < -0.3 is 30.0 Å². The van der Waals surface area contributed by atoms with Gasteiger partial charge in [0.05, 0.1) is 24.9 Å². The minimum atomic E-state index is -1.05. The molecule has 0 aromatic carbocycles. The summed E-state index contributed by atoms with van der Waals surface area (Å²) in [6, 6.07) is 0.